The second kappa shape index (κ2) is 5.14. The average molecular weight is 205 g/mol. The summed E-state index contributed by atoms with van der Waals surface area (Å²) in [5, 5.41) is 0. The minimum Gasteiger partial charge on any atom is -0.627 e. The van der Waals surface area contributed by atoms with E-state index in [-0.39, 0.29) is 51.4 Å². The summed E-state index contributed by atoms with van der Waals surface area (Å²) in [5.74, 6) is 7.17. The van der Waals surface area contributed by atoms with Crippen LogP contribution in [0.3, 0.4) is 0 Å². The summed E-state index contributed by atoms with van der Waals surface area (Å²) < 4.78 is 0. The quantitative estimate of drug-likeness (QED) is 0.315. The van der Waals surface area contributed by atoms with Crippen molar-refractivity contribution >= 4 is 0 Å². The summed E-state index contributed by atoms with van der Waals surface area (Å²) in [7, 11) is 0. The molecule has 2 aliphatic rings. The SMILES string of the molecule is N[N-]/C1=C(\N)CCC2CC2CC1.[K+]. The predicted molar refractivity (Wildman–Crippen MR) is 48.8 cm³/mol. The van der Waals surface area contributed by atoms with E-state index in [0.29, 0.717) is 0 Å². The van der Waals surface area contributed by atoms with Crippen LogP contribution in [-0.2, 0) is 0 Å². The van der Waals surface area contributed by atoms with E-state index in [4.69, 9.17) is 11.6 Å². The first-order chi connectivity index (χ1) is 5.81. The zero-order chi connectivity index (χ0) is 8.55. The molecule has 3 nitrogen and oxygen atoms in total. The van der Waals surface area contributed by atoms with Gasteiger partial charge in [0.25, 0.3) is 0 Å². The first-order valence-corrected chi connectivity index (χ1v) is 4.69. The van der Waals surface area contributed by atoms with Crippen LogP contribution < -0.4 is 63.0 Å². The van der Waals surface area contributed by atoms with E-state index in [2.05, 4.69) is 5.43 Å². The van der Waals surface area contributed by atoms with Crippen molar-refractivity contribution in [2.45, 2.75) is 32.1 Å². The van der Waals surface area contributed by atoms with Crippen LogP contribution in [0.15, 0.2) is 11.4 Å². The second-order valence-electron chi connectivity index (χ2n) is 3.93. The first kappa shape index (κ1) is 12.0. The van der Waals surface area contributed by atoms with Gasteiger partial charge in [-0.15, -0.1) is 5.70 Å². The fraction of sp³-hybridized carbons (Fsp3) is 0.778. The standard InChI is InChI=1S/C9H16N3.K/c10-8-3-1-6-5-7(6)2-4-9(8)12-11;/h6-7H,1-5,10-11H2;/q-1;+1/b9-8-;. The van der Waals surface area contributed by atoms with E-state index in [0.717, 1.165) is 36.1 Å². The zero-order valence-electron chi connectivity index (χ0n) is 8.29. The molecule has 0 radical (unpaired) electrons. The van der Waals surface area contributed by atoms with Gasteiger partial charge in [-0.1, -0.05) is 0 Å². The minimum absolute atomic E-state index is 0. The summed E-state index contributed by atoms with van der Waals surface area (Å²) in [6.45, 7) is 0. The topological polar surface area (TPSA) is 66.1 Å². The van der Waals surface area contributed by atoms with Gasteiger partial charge in [-0.25, -0.2) is 0 Å². The maximum Gasteiger partial charge on any atom is 1.00 e. The van der Waals surface area contributed by atoms with Crippen molar-refractivity contribution in [2.75, 3.05) is 0 Å². The van der Waals surface area contributed by atoms with Crippen molar-refractivity contribution in [3.8, 4) is 0 Å². The summed E-state index contributed by atoms with van der Waals surface area (Å²) in [5.41, 5.74) is 11.4. The van der Waals surface area contributed by atoms with E-state index in [9.17, 15) is 0 Å². The summed E-state index contributed by atoms with van der Waals surface area (Å²) in [4.78, 5) is 0. The Morgan fingerprint density at radius 1 is 1.15 bits per heavy atom. The molecular formula is C9H16KN3. The number of allylic oxidation sites excluding steroid dienone is 2. The van der Waals surface area contributed by atoms with E-state index < -0.39 is 0 Å². The molecular weight excluding hydrogens is 189 g/mol. The van der Waals surface area contributed by atoms with Gasteiger partial charge in [0.2, 0.25) is 0 Å². The van der Waals surface area contributed by atoms with Crippen molar-refractivity contribution in [3.05, 3.63) is 16.8 Å². The van der Waals surface area contributed by atoms with Crippen molar-refractivity contribution in [2.24, 2.45) is 23.4 Å². The van der Waals surface area contributed by atoms with Gasteiger partial charge in [-0.3, -0.25) is 0 Å². The Balaban J connectivity index is 0.000000845. The number of hydrogen-bond donors (Lipinski definition) is 2. The molecule has 2 unspecified atom stereocenters. The molecule has 0 saturated heterocycles. The molecule has 2 aliphatic carbocycles. The maximum absolute atomic E-state index is 5.85. The van der Waals surface area contributed by atoms with E-state index >= 15 is 0 Å². The Labute approximate surface area is 122 Å². The molecule has 0 bridgehead atoms. The van der Waals surface area contributed by atoms with Crippen molar-refractivity contribution in [3.63, 3.8) is 0 Å². The number of fused-ring (bicyclic) bond motifs is 1. The Hall–Kier alpha value is 0.936. The molecule has 1 fully saturated rings. The van der Waals surface area contributed by atoms with Gasteiger partial charge in [-0.05, 0) is 49.6 Å². The molecule has 0 heterocycles. The molecule has 0 spiro atoms. The van der Waals surface area contributed by atoms with Crippen LogP contribution in [0.5, 0.6) is 0 Å². The van der Waals surface area contributed by atoms with Crippen LogP contribution in [0, 0.1) is 11.8 Å². The van der Waals surface area contributed by atoms with Crippen LogP contribution >= 0.6 is 0 Å². The normalized spacial score (nSPS) is 37.9. The number of hydrogen-bond acceptors (Lipinski definition) is 2. The van der Waals surface area contributed by atoms with Gasteiger partial charge in [0.15, 0.2) is 0 Å². The third-order valence-electron chi connectivity index (χ3n) is 3.13. The molecule has 68 valence electrons. The van der Waals surface area contributed by atoms with Crippen molar-refractivity contribution in [1.29, 1.82) is 0 Å². The zero-order valence-corrected chi connectivity index (χ0v) is 11.4. The van der Waals surface area contributed by atoms with Gasteiger partial charge in [0.1, 0.15) is 0 Å². The van der Waals surface area contributed by atoms with Gasteiger partial charge >= 0.3 is 51.4 Å². The molecule has 4 heteroatoms. The second-order valence-corrected chi connectivity index (χ2v) is 3.93. The predicted octanol–water partition coefficient (Wildman–Crippen LogP) is -1.38. The summed E-state index contributed by atoms with van der Waals surface area (Å²) >= 11 is 0. The largest absolute Gasteiger partial charge is 1.00 e. The van der Waals surface area contributed by atoms with Crippen LogP contribution in [0.2, 0.25) is 0 Å². The van der Waals surface area contributed by atoms with Crippen LogP contribution in [0.1, 0.15) is 32.1 Å². The fourth-order valence-corrected chi connectivity index (χ4v) is 2.13. The molecule has 1 saturated carbocycles. The third-order valence-corrected chi connectivity index (χ3v) is 3.13. The first-order valence-electron chi connectivity index (χ1n) is 4.69. The van der Waals surface area contributed by atoms with Gasteiger partial charge < -0.3 is 17.0 Å². The Morgan fingerprint density at radius 2 is 1.77 bits per heavy atom. The van der Waals surface area contributed by atoms with Crippen molar-refractivity contribution in [1.82, 2.24) is 0 Å². The molecule has 2 atom stereocenters. The molecule has 13 heavy (non-hydrogen) atoms. The number of nitrogens with two attached hydrogens (primary N) is 2. The summed E-state index contributed by atoms with van der Waals surface area (Å²) in [6, 6.07) is 0. The molecule has 0 aromatic heterocycles. The Morgan fingerprint density at radius 3 is 2.38 bits per heavy atom. The van der Waals surface area contributed by atoms with Crippen molar-refractivity contribution < 1.29 is 51.4 Å². The van der Waals surface area contributed by atoms with E-state index in [1.807, 2.05) is 0 Å². The summed E-state index contributed by atoms with van der Waals surface area (Å²) in [6.07, 6.45) is 5.88. The molecule has 4 N–H and O–H groups in total. The van der Waals surface area contributed by atoms with Gasteiger partial charge in [-0.2, -0.15) is 0 Å². The minimum atomic E-state index is 0. The van der Waals surface area contributed by atoms with Gasteiger partial charge in [0.05, 0.1) is 0 Å². The Bertz CT molecular complexity index is 215. The van der Waals surface area contributed by atoms with Crippen LogP contribution in [0.4, 0.5) is 0 Å². The number of nitrogens with zero attached hydrogens (tertiary/aromatic N) is 1. The third kappa shape index (κ3) is 2.94. The van der Waals surface area contributed by atoms with E-state index in [1.165, 1.54) is 19.3 Å². The average Bonchev–Trinajstić information content (AvgIpc) is 2.78. The fourth-order valence-electron chi connectivity index (χ4n) is 2.13. The van der Waals surface area contributed by atoms with Crippen LogP contribution in [-0.4, -0.2) is 0 Å². The number of rotatable bonds is 1. The molecule has 0 amide bonds. The molecule has 0 aliphatic heterocycles. The monoisotopic (exact) mass is 205 g/mol. The molecule has 0 aromatic carbocycles. The van der Waals surface area contributed by atoms with Crippen LogP contribution in [0.25, 0.3) is 5.43 Å². The smallest absolute Gasteiger partial charge is 0.627 e. The maximum atomic E-state index is 5.85. The van der Waals surface area contributed by atoms with E-state index in [1.54, 1.807) is 0 Å². The Kier molecular flexibility index (Phi) is 4.75. The molecule has 2 rings (SSSR count). The molecule has 0 aromatic rings. The van der Waals surface area contributed by atoms with Gasteiger partial charge in [0, 0.05) is 0 Å².